The lowest BCUT2D eigenvalue weighted by molar-refractivity contribution is -0.112. The molecule has 156 valence electrons. The number of para-hydroxylation sites is 1. The molecule has 0 unspecified atom stereocenters. The molecular formula is C25H19N5O2. The van der Waals surface area contributed by atoms with E-state index in [1.54, 1.807) is 54.6 Å². The van der Waals surface area contributed by atoms with E-state index in [1.807, 2.05) is 48.5 Å². The SMILES string of the molecule is Cn1cc(/C=C(/C#N)C(=O)Nc2ccc(Oc3ccccc3)cc2)c(-c2ccncc2)n1. The number of nitriles is 1. The molecule has 0 atom stereocenters. The normalized spacial score (nSPS) is 10.9. The van der Waals surface area contributed by atoms with E-state index in [9.17, 15) is 10.1 Å². The van der Waals surface area contributed by atoms with Crippen LogP contribution in [0, 0.1) is 11.3 Å². The van der Waals surface area contributed by atoms with Crippen LogP contribution in [0.15, 0.2) is 90.9 Å². The first-order valence-electron chi connectivity index (χ1n) is 9.82. The highest BCUT2D eigenvalue weighted by Gasteiger charge is 2.14. The molecule has 0 aliphatic rings. The smallest absolute Gasteiger partial charge is 0.266 e. The molecule has 0 fully saturated rings. The highest BCUT2D eigenvalue weighted by atomic mass is 16.5. The number of benzene rings is 2. The van der Waals surface area contributed by atoms with Gasteiger partial charge in [0.2, 0.25) is 0 Å². The fourth-order valence-corrected chi connectivity index (χ4v) is 3.08. The zero-order valence-corrected chi connectivity index (χ0v) is 17.3. The Bertz CT molecular complexity index is 1290. The first-order chi connectivity index (χ1) is 15.6. The van der Waals surface area contributed by atoms with Crippen LogP contribution in [0.4, 0.5) is 5.69 Å². The van der Waals surface area contributed by atoms with Crippen molar-refractivity contribution in [1.29, 1.82) is 5.26 Å². The minimum Gasteiger partial charge on any atom is -0.457 e. The summed E-state index contributed by atoms with van der Waals surface area (Å²) in [5, 5.41) is 16.8. The molecule has 1 N–H and O–H groups in total. The van der Waals surface area contributed by atoms with Crippen molar-refractivity contribution in [2.24, 2.45) is 7.05 Å². The number of carbonyl (C=O) groups is 1. The Morgan fingerprint density at radius 3 is 2.41 bits per heavy atom. The number of anilines is 1. The number of hydrogen-bond donors (Lipinski definition) is 1. The van der Waals surface area contributed by atoms with Crippen molar-refractivity contribution in [2.75, 3.05) is 5.32 Å². The maximum atomic E-state index is 12.7. The molecule has 2 aromatic heterocycles. The van der Waals surface area contributed by atoms with E-state index in [0.29, 0.717) is 22.7 Å². The molecule has 2 aromatic carbocycles. The molecule has 7 nitrogen and oxygen atoms in total. The van der Waals surface area contributed by atoms with E-state index in [0.717, 1.165) is 11.3 Å². The van der Waals surface area contributed by atoms with Crippen LogP contribution < -0.4 is 10.1 Å². The number of rotatable bonds is 6. The number of aromatic nitrogens is 3. The fraction of sp³-hybridized carbons (Fsp3) is 0.0400. The lowest BCUT2D eigenvalue weighted by Gasteiger charge is -2.08. The summed E-state index contributed by atoms with van der Waals surface area (Å²) >= 11 is 0. The van der Waals surface area contributed by atoms with E-state index >= 15 is 0 Å². The molecule has 0 aliphatic carbocycles. The Morgan fingerprint density at radius 2 is 1.72 bits per heavy atom. The van der Waals surface area contributed by atoms with Gasteiger partial charge in [0.05, 0.1) is 5.69 Å². The highest BCUT2D eigenvalue weighted by Crippen LogP contribution is 2.25. The largest absolute Gasteiger partial charge is 0.457 e. The molecule has 0 bridgehead atoms. The number of pyridine rings is 1. The number of carbonyl (C=O) groups excluding carboxylic acids is 1. The average Bonchev–Trinajstić information content (AvgIpc) is 3.20. The lowest BCUT2D eigenvalue weighted by atomic mass is 10.1. The van der Waals surface area contributed by atoms with Gasteiger partial charge >= 0.3 is 0 Å². The van der Waals surface area contributed by atoms with Gasteiger partial charge < -0.3 is 10.1 Å². The van der Waals surface area contributed by atoms with Gasteiger partial charge in [-0.1, -0.05) is 18.2 Å². The first kappa shape index (κ1) is 20.6. The summed E-state index contributed by atoms with van der Waals surface area (Å²) in [7, 11) is 1.78. The van der Waals surface area contributed by atoms with E-state index in [1.165, 1.54) is 6.08 Å². The van der Waals surface area contributed by atoms with E-state index in [2.05, 4.69) is 15.4 Å². The summed E-state index contributed by atoms with van der Waals surface area (Å²) in [6.07, 6.45) is 6.63. The van der Waals surface area contributed by atoms with Crippen molar-refractivity contribution >= 4 is 17.7 Å². The zero-order chi connectivity index (χ0) is 22.3. The predicted octanol–water partition coefficient (Wildman–Crippen LogP) is 4.82. The molecule has 1 amide bonds. The van der Waals surface area contributed by atoms with Gasteiger partial charge in [-0.2, -0.15) is 10.4 Å². The van der Waals surface area contributed by atoms with Gasteiger partial charge in [-0.25, -0.2) is 0 Å². The van der Waals surface area contributed by atoms with E-state index < -0.39 is 5.91 Å². The van der Waals surface area contributed by atoms with Gasteiger partial charge in [0.15, 0.2) is 0 Å². The molecule has 4 aromatic rings. The average molecular weight is 421 g/mol. The lowest BCUT2D eigenvalue weighted by Crippen LogP contribution is -2.13. The van der Waals surface area contributed by atoms with Crippen LogP contribution in [-0.4, -0.2) is 20.7 Å². The number of aryl methyl sites for hydroxylation is 1. The Morgan fingerprint density at radius 1 is 1.03 bits per heavy atom. The van der Waals surface area contributed by atoms with Gasteiger partial charge in [0.25, 0.3) is 5.91 Å². The van der Waals surface area contributed by atoms with Gasteiger partial charge in [0.1, 0.15) is 23.1 Å². The predicted molar refractivity (Wildman–Crippen MR) is 122 cm³/mol. The van der Waals surface area contributed by atoms with Gasteiger partial charge in [0, 0.05) is 42.5 Å². The van der Waals surface area contributed by atoms with Gasteiger partial charge in [-0.15, -0.1) is 0 Å². The second kappa shape index (κ2) is 9.41. The number of nitrogens with one attached hydrogen (secondary N) is 1. The molecule has 4 rings (SSSR count). The summed E-state index contributed by atoms with van der Waals surface area (Å²) in [5.41, 5.74) is 2.70. The van der Waals surface area contributed by atoms with Gasteiger partial charge in [-0.05, 0) is 54.6 Å². The van der Waals surface area contributed by atoms with Crippen molar-refractivity contribution in [3.05, 3.63) is 96.5 Å². The minimum atomic E-state index is -0.506. The van der Waals surface area contributed by atoms with Gasteiger partial charge in [-0.3, -0.25) is 14.5 Å². The summed E-state index contributed by atoms with van der Waals surface area (Å²) in [4.78, 5) is 16.7. The molecule has 2 heterocycles. The van der Waals surface area contributed by atoms with Crippen molar-refractivity contribution in [3.63, 3.8) is 0 Å². The summed E-state index contributed by atoms with van der Waals surface area (Å²) in [6.45, 7) is 0. The fourth-order valence-electron chi connectivity index (χ4n) is 3.08. The topological polar surface area (TPSA) is 92.8 Å². The van der Waals surface area contributed by atoms with Crippen LogP contribution in [-0.2, 0) is 11.8 Å². The minimum absolute atomic E-state index is 0.0297. The summed E-state index contributed by atoms with van der Waals surface area (Å²) in [5.74, 6) is 0.858. The van der Waals surface area contributed by atoms with Crippen LogP contribution in [0.25, 0.3) is 17.3 Å². The molecule has 0 spiro atoms. The molecule has 0 aliphatic heterocycles. The van der Waals surface area contributed by atoms with Crippen LogP contribution in [0.5, 0.6) is 11.5 Å². The Labute approximate surface area is 185 Å². The second-order valence-corrected chi connectivity index (χ2v) is 6.91. The molecular weight excluding hydrogens is 402 g/mol. The Kier molecular flexibility index (Phi) is 6.05. The Balaban J connectivity index is 1.50. The quantitative estimate of drug-likeness (QED) is 0.356. The third kappa shape index (κ3) is 4.89. The summed E-state index contributed by atoms with van der Waals surface area (Å²) < 4.78 is 7.39. The highest BCUT2D eigenvalue weighted by molar-refractivity contribution is 6.10. The van der Waals surface area contributed by atoms with Crippen LogP contribution in [0.3, 0.4) is 0 Å². The van der Waals surface area contributed by atoms with E-state index in [4.69, 9.17) is 4.74 Å². The molecule has 0 saturated heterocycles. The second-order valence-electron chi connectivity index (χ2n) is 6.91. The standard InChI is InChI=1S/C25H19N5O2/c1-30-17-20(24(29-30)18-11-13-27-14-12-18)15-19(16-26)25(31)28-21-7-9-23(10-8-21)32-22-5-3-2-4-6-22/h2-15,17H,1H3,(H,28,31)/b19-15-. The first-order valence-corrected chi connectivity index (χ1v) is 9.82. The number of hydrogen-bond acceptors (Lipinski definition) is 5. The number of ether oxygens (including phenoxy) is 1. The number of nitrogens with zero attached hydrogens (tertiary/aromatic N) is 4. The molecule has 0 saturated carbocycles. The maximum absolute atomic E-state index is 12.7. The van der Waals surface area contributed by atoms with Crippen LogP contribution >= 0.6 is 0 Å². The Hall–Kier alpha value is -4.70. The van der Waals surface area contributed by atoms with Crippen molar-refractivity contribution in [2.45, 2.75) is 0 Å². The summed E-state index contributed by atoms with van der Waals surface area (Å²) in [6, 6.07) is 22.0. The third-order valence-electron chi connectivity index (χ3n) is 4.57. The van der Waals surface area contributed by atoms with Crippen molar-refractivity contribution in [3.8, 4) is 28.8 Å². The maximum Gasteiger partial charge on any atom is 0.266 e. The van der Waals surface area contributed by atoms with Crippen molar-refractivity contribution in [1.82, 2.24) is 14.8 Å². The third-order valence-corrected chi connectivity index (χ3v) is 4.57. The zero-order valence-electron chi connectivity index (χ0n) is 17.3. The monoisotopic (exact) mass is 421 g/mol. The van der Waals surface area contributed by atoms with E-state index in [-0.39, 0.29) is 5.57 Å². The number of amides is 1. The van der Waals surface area contributed by atoms with Crippen LogP contribution in [0.1, 0.15) is 5.56 Å². The molecule has 7 heteroatoms. The van der Waals surface area contributed by atoms with Crippen molar-refractivity contribution < 1.29 is 9.53 Å². The molecule has 32 heavy (non-hydrogen) atoms. The molecule has 0 radical (unpaired) electrons. The van der Waals surface area contributed by atoms with Crippen LogP contribution in [0.2, 0.25) is 0 Å².